The van der Waals surface area contributed by atoms with Crippen LogP contribution in [0.4, 0.5) is 5.69 Å². The van der Waals surface area contributed by atoms with E-state index in [1.807, 2.05) is 12.1 Å². The van der Waals surface area contributed by atoms with Crippen LogP contribution >= 0.6 is 0 Å². The molecule has 3 aromatic carbocycles. The number of para-hydroxylation sites is 1. The number of carboxylic acids is 1. The molecule has 2 N–H and O–H groups in total. The fourth-order valence-corrected chi connectivity index (χ4v) is 3.30. The molecule has 0 bridgehead atoms. The molecule has 25 heavy (non-hydrogen) atoms. The quantitative estimate of drug-likeness (QED) is 0.750. The van der Waals surface area contributed by atoms with Gasteiger partial charge in [-0.05, 0) is 40.8 Å². The van der Waals surface area contributed by atoms with Crippen LogP contribution in [0.2, 0.25) is 0 Å². The smallest absolute Gasteiger partial charge is 0.337 e. The number of nitrogens with one attached hydrogen (secondary N) is 1. The lowest BCUT2D eigenvalue weighted by Gasteiger charge is -2.08. The second kappa shape index (κ2) is 6.06. The lowest BCUT2D eigenvalue weighted by atomic mass is 10.0. The zero-order valence-corrected chi connectivity index (χ0v) is 13.5. The largest absolute Gasteiger partial charge is 0.478 e. The number of carbonyl (C=O) groups excluding carboxylic acids is 1. The van der Waals surface area contributed by atoms with E-state index in [1.54, 1.807) is 18.2 Å². The van der Waals surface area contributed by atoms with Crippen LogP contribution in [0.3, 0.4) is 0 Å². The van der Waals surface area contributed by atoms with Gasteiger partial charge in [0.15, 0.2) is 0 Å². The Morgan fingerprint density at radius 3 is 2.44 bits per heavy atom. The molecule has 1 aliphatic rings. The Balaban J connectivity index is 1.51. The normalized spacial score (nSPS) is 18.7. The fourth-order valence-electron chi connectivity index (χ4n) is 3.30. The first-order valence-electron chi connectivity index (χ1n) is 8.25. The number of fused-ring (bicyclic) bond motifs is 1. The highest BCUT2D eigenvalue weighted by molar-refractivity contribution is 6.02. The van der Waals surface area contributed by atoms with Crippen LogP contribution in [-0.4, -0.2) is 17.0 Å². The molecule has 1 fully saturated rings. The number of amides is 1. The van der Waals surface area contributed by atoms with E-state index >= 15 is 0 Å². The molecule has 4 heteroatoms. The maximum atomic E-state index is 12.5. The van der Waals surface area contributed by atoms with Crippen molar-refractivity contribution in [2.75, 3.05) is 5.32 Å². The second-order valence-corrected chi connectivity index (χ2v) is 6.40. The minimum atomic E-state index is -1.04. The first kappa shape index (κ1) is 15.4. The molecule has 0 spiro atoms. The zero-order valence-electron chi connectivity index (χ0n) is 13.5. The predicted molar refractivity (Wildman–Crippen MR) is 96.8 cm³/mol. The van der Waals surface area contributed by atoms with Crippen molar-refractivity contribution in [3.05, 3.63) is 77.9 Å². The minimum Gasteiger partial charge on any atom is -0.478 e. The van der Waals surface area contributed by atoms with Crippen molar-refractivity contribution in [1.82, 2.24) is 0 Å². The standard InChI is InChI=1S/C21H17NO3/c23-20(22-19-8-4-3-7-16(19)21(24)25)18-12-17(18)15-10-9-13-5-1-2-6-14(13)11-15/h1-11,17-18H,12H2,(H,22,23)(H,24,25)/t17-,18+/m1/s1. The molecule has 2 atom stereocenters. The van der Waals surface area contributed by atoms with Gasteiger partial charge in [0.2, 0.25) is 5.91 Å². The minimum absolute atomic E-state index is 0.108. The Kier molecular flexibility index (Phi) is 3.73. The monoisotopic (exact) mass is 331 g/mol. The second-order valence-electron chi connectivity index (χ2n) is 6.40. The molecule has 124 valence electrons. The van der Waals surface area contributed by atoms with Crippen LogP contribution in [0.1, 0.15) is 28.3 Å². The van der Waals surface area contributed by atoms with Gasteiger partial charge in [-0.1, -0.05) is 54.6 Å². The molecule has 4 rings (SSSR count). The summed E-state index contributed by atoms with van der Waals surface area (Å²) in [6.45, 7) is 0. The molecular formula is C21H17NO3. The highest BCUT2D eigenvalue weighted by atomic mass is 16.4. The van der Waals surface area contributed by atoms with Gasteiger partial charge in [0.05, 0.1) is 11.3 Å². The van der Waals surface area contributed by atoms with Crippen LogP contribution < -0.4 is 5.32 Å². The maximum absolute atomic E-state index is 12.5. The number of hydrogen-bond donors (Lipinski definition) is 2. The van der Waals surface area contributed by atoms with Crippen molar-refractivity contribution in [2.24, 2.45) is 5.92 Å². The zero-order chi connectivity index (χ0) is 17.4. The van der Waals surface area contributed by atoms with Crippen molar-refractivity contribution in [1.29, 1.82) is 0 Å². The Labute approximate surface area is 145 Å². The van der Waals surface area contributed by atoms with Crippen LogP contribution in [0.15, 0.2) is 66.7 Å². The summed E-state index contributed by atoms with van der Waals surface area (Å²) in [4.78, 5) is 23.7. The Morgan fingerprint density at radius 1 is 0.920 bits per heavy atom. The van der Waals surface area contributed by atoms with Gasteiger partial charge in [-0.25, -0.2) is 4.79 Å². The molecule has 0 heterocycles. The van der Waals surface area contributed by atoms with Crippen LogP contribution in [0, 0.1) is 5.92 Å². The summed E-state index contributed by atoms with van der Waals surface area (Å²) in [6.07, 6.45) is 0.791. The summed E-state index contributed by atoms with van der Waals surface area (Å²) >= 11 is 0. The third-order valence-electron chi connectivity index (χ3n) is 4.74. The van der Waals surface area contributed by atoms with Crippen LogP contribution in [-0.2, 0) is 4.79 Å². The molecule has 3 aromatic rings. The molecule has 1 amide bonds. The van der Waals surface area contributed by atoms with Crippen molar-refractivity contribution in [3.8, 4) is 0 Å². The van der Waals surface area contributed by atoms with Crippen molar-refractivity contribution < 1.29 is 14.7 Å². The van der Waals surface area contributed by atoms with Crippen LogP contribution in [0.25, 0.3) is 10.8 Å². The average Bonchev–Trinajstić information content (AvgIpc) is 3.42. The van der Waals surface area contributed by atoms with Gasteiger partial charge < -0.3 is 10.4 Å². The molecular weight excluding hydrogens is 314 g/mol. The highest BCUT2D eigenvalue weighted by Crippen LogP contribution is 2.48. The number of carbonyl (C=O) groups is 2. The third kappa shape index (κ3) is 2.98. The van der Waals surface area contributed by atoms with Gasteiger partial charge in [0.1, 0.15) is 0 Å². The molecule has 0 saturated heterocycles. The van der Waals surface area contributed by atoms with E-state index in [4.69, 9.17) is 0 Å². The van der Waals surface area contributed by atoms with Crippen molar-refractivity contribution in [3.63, 3.8) is 0 Å². The lowest BCUT2D eigenvalue weighted by molar-refractivity contribution is -0.117. The molecule has 4 nitrogen and oxygen atoms in total. The molecule has 1 saturated carbocycles. The number of anilines is 1. The van der Waals surface area contributed by atoms with E-state index < -0.39 is 5.97 Å². The van der Waals surface area contributed by atoms with Crippen LogP contribution in [0.5, 0.6) is 0 Å². The van der Waals surface area contributed by atoms with Gasteiger partial charge in [-0.15, -0.1) is 0 Å². The summed E-state index contributed by atoms with van der Waals surface area (Å²) in [6, 6.07) is 20.9. The first-order chi connectivity index (χ1) is 12.1. The third-order valence-corrected chi connectivity index (χ3v) is 4.74. The summed E-state index contributed by atoms with van der Waals surface area (Å²) in [5.41, 5.74) is 1.62. The predicted octanol–water partition coefficient (Wildman–Crippen LogP) is 4.28. The molecule has 0 radical (unpaired) electrons. The molecule has 0 aliphatic heterocycles. The van der Waals surface area contributed by atoms with Gasteiger partial charge in [0, 0.05) is 5.92 Å². The Hall–Kier alpha value is -3.14. The van der Waals surface area contributed by atoms with E-state index in [0.29, 0.717) is 5.69 Å². The van der Waals surface area contributed by atoms with E-state index in [1.165, 1.54) is 16.8 Å². The first-order valence-corrected chi connectivity index (χ1v) is 8.25. The number of carboxylic acid groups (broad SMARTS) is 1. The van der Waals surface area contributed by atoms with E-state index in [9.17, 15) is 14.7 Å². The van der Waals surface area contributed by atoms with Gasteiger partial charge in [-0.2, -0.15) is 0 Å². The Morgan fingerprint density at radius 2 is 1.64 bits per heavy atom. The highest BCUT2D eigenvalue weighted by Gasteiger charge is 2.44. The summed E-state index contributed by atoms with van der Waals surface area (Å²) < 4.78 is 0. The van der Waals surface area contributed by atoms with Crippen molar-refractivity contribution in [2.45, 2.75) is 12.3 Å². The number of hydrogen-bond acceptors (Lipinski definition) is 2. The summed E-state index contributed by atoms with van der Waals surface area (Å²) in [5.74, 6) is -1.07. The summed E-state index contributed by atoms with van der Waals surface area (Å²) in [5, 5.41) is 14.3. The molecule has 0 unspecified atom stereocenters. The van der Waals surface area contributed by atoms with Gasteiger partial charge in [-0.3, -0.25) is 4.79 Å². The van der Waals surface area contributed by atoms with E-state index in [-0.39, 0.29) is 23.3 Å². The lowest BCUT2D eigenvalue weighted by Crippen LogP contribution is -2.17. The van der Waals surface area contributed by atoms with E-state index in [2.05, 4.69) is 35.6 Å². The van der Waals surface area contributed by atoms with Gasteiger partial charge >= 0.3 is 5.97 Å². The van der Waals surface area contributed by atoms with E-state index in [0.717, 1.165) is 12.0 Å². The maximum Gasteiger partial charge on any atom is 0.337 e. The SMILES string of the molecule is O=C(O)c1ccccc1NC(=O)[C@H]1C[C@@H]1c1ccc2ccccc2c1. The average molecular weight is 331 g/mol. The van der Waals surface area contributed by atoms with Gasteiger partial charge in [0.25, 0.3) is 0 Å². The number of benzene rings is 3. The fraction of sp³-hybridized carbons (Fsp3) is 0.143. The summed E-state index contributed by atoms with van der Waals surface area (Å²) in [7, 11) is 0. The molecule has 0 aromatic heterocycles. The topological polar surface area (TPSA) is 66.4 Å². The number of aromatic carboxylic acids is 1. The van der Waals surface area contributed by atoms with Crippen molar-refractivity contribution >= 4 is 28.3 Å². The molecule has 1 aliphatic carbocycles. The Bertz CT molecular complexity index is 980. The number of rotatable bonds is 4.